The summed E-state index contributed by atoms with van der Waals surface area (Å²) in [5.74, 6) is -0.333. The molecule has 0 radical (unpaired) electrons. The minimum atomic E-state index is -0.439. The minimum absolute atomic E-state index is 0.274. The van der Waals surface area contributed by atoms with E-state index in [-0.39, 0.29) is 12.5 Å². The predicted octanol–water partition coefficient (Wildman–Crippen LogP) is 3.84. The summed E-state index contributed by atoms with van der Waals surface area (Å²) in [6.07, 6.45) is 0.796. The van der Waals surface area contributed by atoms with Gasteiger partial charge in [-0.2, -0.15) is 0 Å². The summed E-state index contributed by atoms with van der Waals surface area (Å²) >= 11 is 0. The van der Waals surface area contributed by atoms with Crippen LogP contribution in [0.2, 0.25) is 0 Å². The second-order valence-corrected chi connectivity index (χ2v) is 6.93. The first-order valence-corrected chi connectivity index (χ1v) is 10.2. The van der Waals surface area contributed by atoms with Gasteiger partial charge in [-0.3, -0.25) is 10.1 Å². The van der Waals surface area contributed by atoms with Crippen LogP contribution in [0.15, 0.2) is 24.3 Å². The molecular formula is C22H28N4O4. The van der Waals surface area contributed by atoms with Gasteiger partial charge >= 0.3 is 5.97 Å². The molecule has 1 aromatic carbocycles. The number of carbonyl (C=O) groups excluding carboxylic acids is 2. The molecule has 0 bridgehead atoms. The molecule has 1 amide bonds. The summed E-state index contributed by atoms with van der Waals surface area (Å²) in [5.41, 5.74) is 3.62. The van der Waals surface area contributed by atoms with Crippen molar-refractivity contribution in [1.29, 1.82) is 0 Å². The van der Waals surface area contributed by atoms with E-state index in [1.165, 1.54) is 0 Å². The van der Waals surface area contributed by atoms with Crippen molar-refractivity contribution in [2.24, 2.45) is 0 Å². The van der Waals surface area contributed by atoms with E-state index in [4.69, 9.17) is 9.47 Å². The number of hydrogen-bond acceptors (Lipinski definition) is 5. The van der Waals surface area contributed by atoms with Crippen LogP contribution in [0, 0.1) is 13.8 Å². The van der Waals surface area contributed by atoms with E-state index in [0.29, 0.717) is 48.2 Å². The summed E-state index contributed by atoms with van der Waals surface area (Å²) in [6, 6.07) is 7.74. The number of nitrogens with zero attached hydrogens (tertiary/aromatic N) is 2. The Morgan fingerprint density at radius 2 is 1.93 bits per heavy atom. The maximum atomic E-state index is 13.0. The Morgan fingerprint density at radius 3 is 2.67 bits per heavy atom. The molecule has 0 aliphatic carbocycles. The summed E-state index contributed by atoms with van der Waals surface area (Å²) in [7, 11) is 0. The molecule has 3 rings (SSSR count). The monoisotopic (exact) mass is 412 g/mol. The Kier molecular flexibility index (Phi) is 6.89. The van der Waals surface area contributed by atoms with E-state index >= 15 is 0 Å². The number of benzene rings is 1. The van der Waals surface area contributed by atoms with Crippen molar-refractivity contribution in [3.8, 4) is 0 Å². The van der Waals surface area contributed by atoms with Gasteiger partial charge in [0.15, 0.2) is 0 Å². The Morgan fingerprint density at radius 1 is 1.17 bits per heavy atom. The number of rotatable bonds is 9. The number of aromatic nitrogens is 3. The Labute approximate surface area is 175 Å². The summed E-state index contributed by atoms with van der Waals surface area (Å²) in [4.78, 5) is 32.8. The number of amides is 1. The number of aryl methyl sites for hydroxylation is 2. The van der Waals surface area contributed by atoms with E-state index in [2.05, 4.69) is 15.3 Å². The number of ether oxygens (including phenoxy) is 2. The Bertz CT molecular complexity index is 1050. The number of nitrogens with one attached hydrogen (secondary N) is 2. The second kappa shape index (κ2) is 9.58. The molecule has 2 heterocycles. The minimum Gasteiger partial charge on any atom is -0.462 e. The third kappa shape index (κ3) is 4.38. The van der Waals surface area contributed by atoms with Crippen molar-refractivity contribution < 1.29 is 19.1 Å². The molecule has 0 atom stereocenters. The van der Waals surface area contributed by atoms with Crippen LogP contribution in [0.1, 0.15) is 52.4 Å². The van der Waals surface area contributed by atoms with Gasteiger partial charge in [-0.1, -0.05) is 12.1 Å². The van der Waals surface area contributed by atoms with Crippen molar-refractivity contribution in [3.05, 3.63) is 46.8 Å². The van der Waals surface area contributed by atoms with Crippen LogP contribution in [-0.2, 0) is 16.0 Å². The number of anilines is 1. The first-order valence-electron chi connectivity index (χ1n) is 10.2. The number of hydrogen-bond donors (Lipinski definition) is 2. The molecule has 0 spiro atoms. The number of H-pyrrole nitrogens is 1. The third-order valence-corrected chi connectivity index (χ3v) is 4.90. The largest absolute Gasteiger partial charge is 0.462 e. The molecule has 30 heavy (non-hydrogen) atoms. The van der Waals surface area contributed by atoms with Crippen LogP contribution in [0.5, 0.6) is 0 Å². The van der Waals surface area contributed by atoms with Gasteiger partial charge in [0, 0.05) is 25.5 Å². The quantitative estimate of drug-likeness (QED) is 0.411. The van der Waals surface area contributed by atoms with Gasteiger partial charge < -0.3 is 19.0 Å². The molecule has 0 aliphatic heterocycles. The van der Waals surface area contributed by atoms with Crippen LogP contribution in [0.3, 0.4) is 0 Å². The fourth-order valence-electron chi connectivity index (χ4n) is 3.52. The van der Waals surface area contributed by atoms with Crippen molar-refractivity contribution in [2.75, 3.05) is 25.1 Å². The van der Waals surface area contributed by atoms with Gasteiger partial charge in [-0.15, -0.1) is 0 Å². The lowest BCUT2D eigenvalue weighted by molar-refractivity contribution is 0.0525. The van der Waals surface area contributed by atoms with Crippen LogP contribution in [0.25, 0.3) is 11.0 Å². The van der Waals surface area contributed by atoms with Gasteiger partial charge in [0.2, 0.25) is 5.95 Å². The predicted molar refractivity (Wildman–Crippen MR) is 115 cm³/mol. The summed E-state index contributed by atoms with van der Waals surface area (Å²) < 4.78 is 12.5. The van der Waals surface area contributed by atoms with Crippen LogP contribution < -0.4 is 5.32 Å². The van der Waals surface area contributed by atoms with Gasteiger partial charge in [0.25, 0.3) is 5.91 Å². The van der Waals surface area contributed by atoms with Crippen molar-refractivity contribution in [1.82, 2.24) is 14.5 Å². The van der Waals surface area contributed by atoms with Crippen LogP contribution >= 0.6 is 0 Å². The Balaban J connectivity index is 1.88. The molecule has 0 saturated heterocycles. The van der Waals surface area contributed by atoms with E-state index in [0.717, 1.165) is 17.5 Å². The molecule has 3 aromatic rings. The van der Waals surface area contributed by atoms with Gasteiger partial charge in [0.05, 0.1) is 23.2 Å². The van der Waals surface area contributed by atoms with Crippen LogP contribution in [-0.4, -0.2) is 46.2 Å². The van der Waals surface area contributed by atoms with E-state index in [9.17, 15) is 9.59 Å². The first-order chi connectivity index (χ1) is 14.5. The van der Waals surface area contributed by atoms with Gasteiger partial charge in [-0.05, 0) is 51.8 Å². The first kappa shape index (κ1) is 21.6. The zero-order valence-corrected chi connectivity index (χ0v) is 17.9. The number of para-hydroxylation sites is 2. The molecule has 0 unspecified atom stereocenters. The number of carbonyl (C=O) groups is 2. The molecule has 8 nitrogen and oxygen atoms in total. The van der Waals surface area contributed by atoms with Gasteiger partial charge in [0.1, 0.15) is 5.69 Å². The highest BCUT2D eigenvalue weighted by Gasteiger charge is 2.24. The van der Waals surface area contributed by atoms with Gasteiger partial charge in [-0.25, -0.2) is 9.78 Å². The topological polar surface area (TPSA) is 98.2 Å². The number of esters is 1. The SMILES string of the molecule is CCOCCCn1c(NC(=O)c2[nH]c(C)c(C(=O)OCC)c2C)nc2ccccc21. The molecule has 0 aliphatic rings. The van der Waals surface area contributed by atoms with Crippen LogP contribution in [0.4, 0.5) is 5.95 Å². The smallest absolute Gasteiger partial charge is 0.340 e. The highest BCUT2D eigenvalue weighted by atomic mass is 16.5. The van der Waals surface area contributed by atoms with E-state index in [1.54, 1.807) is 20.8 Å². The molecule has 2 aromatic heterocycles. The maximum Gasteiger partial charge on any atom is 0.340 e. The lowest BCUT2D eigenvalue weighted by atomic mass is 10.1. The molecule has 0 saturated carbocycles. The summed E-state index contributed by atoms with van der Waals surface area (Å²) in [5, 5.41) is 2.90. The average molecular weight is 412 g/mol. The zero-order valence-electron chi connectivity index (χ0n) is 17.9. The maximum absolute atomic E-state index is 13.0. The van der Waals surface area contributed by atoms with Crippen molar-refractivity contribution >= 4 is 28.9 Å². The molecule has 160 valence electrons. The average Bonchev–Trinajstić information content (AvgIpc) is 3.21. The highest BCUT2D eigenvalue weighted by Crippen LogP contribution is 2.23. The van der Waals surface area contributed by atoms with Crippen molar-refractivity contribution in [3.63, 3.8) is 0 Å². The van der Waals surface area contributed by atoms with E-state index in [1.807, 2.05) is 35.8 Å². The fourth-order valence-corrected chi connectivity index (χ4v) is 3.52. The third-order valence-electron chi connectivity index (χ3n) is 4.90. The number of aromatic amines is 1. The van der Waals surface area contributed by atoms with E-state index < -0.39 is 5.97 Å². The zero-order chi connectivity index (χ0) is 21.7. The lowest BCUT2D eigenvalue weighted by Crippen LogP contribution is -2.18. The standard InChI is InChI=1S/C22H28N4O4/c1-5-29-13-9-12-26-17-11-8-7-10-16(17)24-22(26)25-20(27)19-14(3)18(15(4)23-19)21(28)30-6-2/h7-8,10-11,23H,5-6,9,12-13H2,1-4H3,(H,24,25,27). The van der Waals surface area contributed by atoms with Crippen molar-refractivity contribution in [2.45, 2.75) is 40.7 Å². The number of fused-ring (bicyclic) bond motifs is 1. The highest BCUT2D eigenvalue weighted by molar-refractivity contribution is 6.06. The normalized spacial score (nSPS) is 11.1. The Hall–Kier alpha value is -3.13. The second-order valence-electron chi connectivity index (χ2n) is 6.93. The molecule has 8 heteroatoms. The molecule has 0 fully saturated rings. The fraction of sp³-hybridized carbons (Fsp3) is 0.409. The molecular weight excluding hydrogens is 384 g/mol. The molecule has 2 N–H and O–H groups in total. The number of imidazole rings is 1. The summed E-state index contributed by atoms with van der Waals surface area (Å²) in [6.45, 7) is 9.43. The lowest BCUT2D eigenvalue weighted by Gasteiger charge is -2.10.